The number of benzene rings is 2. The lowest BCUT2D eigenvalue weighted by molar-refractivity contribution is -0.383. The van der Waals surface area contributed by atoms with Gasteiger partial charge in [-0.15, -0.1) is 0 Å². The number of nitro benzene ring substituents is 1. The van der Waals surface area contributed by atoms with Gasteiger partial charge in [-0.2, -0.15) is 0 Å². The van der Waals surface area contributed by atoms with Gasteiger partial charge in [0, 0.05) is 16.6 Å². The van der Waals surface area contributed by atoms with Crippen LogP contribution in [0.4, 0.5) is 15.8 Å². The van der Waals surface area contributed by atoms with Gasteiger partial charge in [-0.25, -0.2) is 12.8 Å². The Morgan fingerprint density at radius 1 is 1.19 bits per heavy atom. The molecule has 0 aromatic heterocycles. The molecule has 0 spiro atoms. The molecule has 1 N–H and O–H groups in total. The zero-order chi connectivity index (χ0) is 15.6. The molecule has 2 aromatic carbocycles. The average molecular weight is 375 g/mol. The molecule has 0 fully saturated rings. The predicted octanol–water partition coefficient (Wildman–Crippen LogP) is 3.30. The quantitative estimate of drug-likeness (QED) is 0.656. The lowest BCUT2D eigenvalue weighted by Crippen LogP contribution is -2.14. The first-order chi connectivity index (χ1) is 9.81. The van der Waals surface area contributed by atoms with Crippen LogP contribution in [0.3, 0.4) is 0 Å². The Bertz CT molecular complexity index is 811. The molecule has 110 valence electrons. The number of anilines is 1. The monoisotopic (exact) mass is 374 g/mol. The Morgan fingerprint density at radius 3 is 2.48 bits per heavy atom. The smallest absolute Gasteiger partial charge is 0.273 e. The highest BCUT2D eigenvalue weighted by Crippen LogP contribution is 2.29. The predicted molar refractivity (Wildman–Crippen MR) is 78.0 cm³/mol. The van der Waals surface area contributed by atoms with Gasteiger partial charge in [0.1, 0.15) is 16.4 Å². The number of halogens is 2. The van der Waals surface area contributed by atoms with E-state index in [9.17, 15) is 22.9 Å². The summed E-state index contributed by atoms with van der Waals surface area (Å²) in [5.74, 6) is -0.787. The minimum atomic E-state index is -4.08. The lowest BCUT2D eigenvalue weighted by Gasteiger charge is -2.09. The van der Waals surface area contributed by atoms with Crippen molar-refractivity contribution < 1.29 is 17.7 Å². The van der Waals surface area contributed by atoms with Crippen LogP contribution in [0.15, 0.2) is 51.8 Å². The summed E-state index contributed by atoms with van der Waals surface area (Å²) < 4.78 is 40.0. The van der Waals surface area contributed by atoms with E-state index in [1.54, 1.807) is 6.07 Å². The van der Waals surface area contributed by atoms with Crippen LogP contribution in [0.1, 0.15) is 0 Å². The van der Waals surface area contributed by atoms with Crippen molar-refractivity contribution in [2.45, 2.75) is 4.90 Å². The summed E-state index contributed by atoms with van der Waals surface area (Å²) >= 11 is 3.08. The van der Waals surface area contributed by atoms with E-state index in [-0.39, 0.29) is 9.37 Å². The van der Waals surface area contributed by atoms with E-state index in [1.807, 2.05) is 4.72 Å². The van der Waals surface area contributed by atoms with Crippen molar-refractivity contribution >= 4 is 37.3 Å². The molecule has 9 heteroatoms. The second kappa shape index (κ2) is 5.78. The standard InChI is InChI=1S/C12H8BrFN2O4S/c13-9-3-1-2-4-12(9)21(19,20)15-10-7-8(14)5-6-11(10)16(17)18/h1-7,15H. The maximum Gasteiger partial charge on any atom is 0.293 e. The first-order valence-corrected chi connectivity index (χ1v) is 7.80. The third-order valence-electron chi connectivity index (χ3n) is 2.53. The van der Waals surface area contributed by atoms with Crippen LogP contribution in [-0.2, 0) is 10.0 Å². The maximum absolute atomic E-state index is 13.2. The van der Waals surface area contributed by atoms with Crippen molar-refractivity contribution in [3.8, 4) is 0 Å². The van der Waals surface area contributed by atoms with E-state index < -0.39 is 32.1 Å². The van der Waals surface area contributed by atoms with Crippen LogP contribution >= 0.6 is 15.9 Å². The normalized spacial score (nSPS) is 11.1. The Kier molecular flexibility index (Phi) is 4.24. The Hall–Kier alpha value is -2.00. The zero-order valence-electron chi connectivity index (χ0n) is 10.3. The molecular formula is C12H8BrFN2O4S. The van der Waals surface area contributed by atoms with Crippen molar-refractivity contribution in [1.29, 1.82) is 0 Å². The molecule has 0 bridgehead atoms. The number of nitrogens with zero attached hydrogens (tertiary/aromatic N) is 1. The van der Waals surface area contributed by atoms with E-state index in [2.05, 4.69) is 15.9 Å². The Labute approximate surface area is 127 Å². The maximum atomic E-state index is 13.2. The van der Waals surface area contributed by atoms with Gasteiger partial charge in [-0.1, -0.05) is 12.1 Å². The molecule has 6 nitrogen and oxygen atoms in total. The summed E-state index contributed by atoms with van der Waals surface area (Å²) in [4.78, 5) is 9.96. The van der Waals surface area contributed by atoms with Crippen molar-refractivity contribution in [3.05, 3.63) is 62.9 Å². The molecule has 0 unspecified atom stereocenters. The van der Waals surface area contributed by atoms with Crippen LogP contribution in [0.5, 0.6) is 0 Å². The number of sulfonamides is 1. The fourth-order valence-corrected chi connectivity index (χ4v) is 3.68. The molecular weight excluding hydrogens is 367 g/mol. The molecule has 0 radical (unpaired) electrons. The molecule has 0 aliphatic heterocycles. The van der Waals surface area contributed by atoms with E-state index in [4.69, 9.17) is 0 Å². The number of rotatable bonds is 4. The molecule has 0 saturated heterocycles. The fourth-order valence-electron chi connectivity index (χ4n) is 1.61. The number of nitrogens with one attached hydrogen (secondary N) is 1. The van der Waals surface area contributed by atoms with Gasteiger partial charge in [0.05, 0.1) is 4.92 Å². The molecule has 21 heavy (non-hydrogen) atoms. The Balaban J connectivity index is 2.49. The third kappa shape index (κ3) is 3.37. The van der Waals surface area contributed by atoms with E-state index in [0.717, 1.165) is 18.2 Å². The minimum Gasteiger partial charge on any atom is -0.273 e. The van der Waals surface area contributed by atoms with E-state index >= 15 is 0 Å². The Morgan fingerprint density at radius 2 is 1.86 bits per heavy atom. The number of nitro groups is 1. The summed E-state index contributed by atoms with van der Waals surface area (Å²) in [5.41, 5.74) is -0.970. The highest BCUT2D eigenvalue weighted by atomic mass is 79.9. The van der Waals surface area contributed by atoms with Gasteiger partial charge in [0.15, 0.2) is 0 Å². The highest BCUT2D eigenvalue weighted by molar-refractivity contribution is 9.10. The second-order valence-corrected chi connectivity index (χ2v) is 6.46. The topological polar surface area (TPSA) is 89.3 Å². The van der Waals surface area contributed by atoms with Gasteiger partial charge in [0.2, 0.25) is 0 Å². The number of hydrogen-bond donors (Lipinski definition) is 1. The SMILES string of the molecule is O=[N+]([O-])c1ccc(F)cc1NS(=O)(=O)c1ccccc1Br. The third-order valence-corrected chi connectivity index (χ3v) is 4.90. The summed E-state index contributed by atoms with van der Waals surface area (Å²) in [5, 5.41) is 10.9. The van der Waals surface area contributed by atoms with E-state index in [0.29, 0.717) is 0 Å². The molecule has 0 aliphatic carbocycles. The summed E-state index contributed by atoms with van der Waals surface area (Å²) in [6, 6.07) is 8.48. The van der Waals surface area contributed by atoms with Crippen LogP contribution in [-0.4, -0.2) is 13.3 Å². The largest absolute Gasteiger partial charge is 0.293 e. The van der Waals surface area contributed by atoms with Crippen LogP contribution in [0.25, 0.3) is 0 Å². The molecule has 0 saturated carbocycles. The molecule has 0 heterocycles. The first-order valence-electron chi connectivity index (χ1n) is 5.52. The van der Waals surface area contributed by atoms with Crippen molar-refractivity contribution in [3.63, 3.8) is 0 Å². The summed E-state index contributed by atoms with van der Waals surface area (Å²) in [6.45, 7) is 0. The average Bonchev–Trinajstić information content (AvgIpc) is 2.38. The summed E-state index contributed by atoms with van der Waals surface area (Å²) in [6.07, 6.45) is 0. The molecule has 2 aromatic rings. The van der Waals surface area contributed by atoms with Gasteiger partial charge < -0.3 is 0 Å². The zero-order valence-corrected chi connectivity index (χ0v) is 12.7. The summed E-state index contributed by atoms with van der Waals surface area (Å²) in [7, 11) is -4.08. The fraction of sp³-hybridized carbons (Fsp3) is 0. The highest BCUT2D eigenvalue weighted by Gasteiger charge is 2.22. The van der Waals surface area contributed by atoms with Crippen molar-refractivity contribution in [2.75, 3.05) is 4.72 Å². The van der Waals surface area contributed by atoms with Gasteiger partial charge >= 0.3 is 0 Å². The lowest BCUT2D eigenvalue weighted by atomic mass is 10.3. The van der Waals surface area contributed by atoms with Crippen LogP contribution in [0.2, 0.25) is 0 Å². The van der Waals surface area contributed by atoms with Crippen molar-refractivity contribution in [2.24, 2.45) is 0 Å². The molecule has 2 rings (SSSR count). The second-order valence-electron chi connectivity index (χ2n) is 3.95. The van der Waals surface area contributed by atoms with Gasteiger partial charge in [-0.3, -0.25) is 14.8 Å². The molecule has 0 atom stereocenters. The van der Waals surface area contributed by atoms with Gasteiger partial charge in [0.25, 0.3) is 15.7 Å². The molecule has 0 aliphatic rings. The van der Waals surface area contributed by atoms with Gasteiger partial charge in [-0.05, 0) is 34.1 Å². The van der Waals surface area contributed by atoms with Crippen LogP contribution < -0.4 is 4.72 Å². The first kappa shape index (κ1) is 15.4. The molecule has 0 amide bonds. The van der Waals surface area contributed by atoms with E-state index in [1.165, 1.54) is 18.2 Å². The number of hydrogen-bond acceptors (Lipinski definition) is 4. The minimum absolute atomic E-state index is 0.108. The van der Waals surface area contributed by atoms with Crippen LogP contribution in [0, 0.1) is 15.9 Å². The van der Waals surface area contributed by atoms with Crippen molar-refractivity contribution in [1.82, 2.24) is 0 Å².